The highest BCUT2D eigenvalue weighted by Gasteiger charge is 2.25. The number of fused-ring (bicyclic) bond motifs is 1. The van der Waals surface area contributed by atoms with E-state index in [1.165, 1.54) is 11.1 Å². The van der Waals surface area contributed by atoms with E-state index in [0.29, 0.717) is 17.9 Å². The molecule has 0 radical (unpaired) electrons. The number of nitrogens with one attached hydrogen (secondary N) is 2. The zero-order valence-electron chi connectivity index (χ0n) is 19.0. The Kier molecular flexibility index (Phi) is 8.55. The van der Waals surface area contributed by atoms with E-state index in [-0.39, 0.29) is 0 Å². The fraction of sp³-hybridized carbons (Fsp3) is 0.667. The van der Waals surface area contributed by atoms with Crippen molar-refractivity contribution < 1.29 is 4.79 Å². The standard InChI is InChI=1S/C24H39N5O/c1-4-25-24(26-13-8-15-28-14-7-11-23(28)30)27-17-22(19(2)3)29-16-12-20-9-5-6-10-21(20)18-29/h5-6,9-10,19,22H,4,7-8,11-18H2,1-3H3,(H2,25,26,27). The lowest BCUT2D eigenvalue weighted by Crippen LogP contribution is -2.45. The smallest absolute Gasteiger partial charge is 0.222 e. The van der Waals surface area contributed by atoms with Gasteiger partial charge in [0.25, 0.3) is 0 Å². The average molecular weight is 414 g/mol. The Morgan fingerprint density at radius 3 is 2.63 bits per heavy atom. The molecule has 1 fully saturated rings. The van der Waals surface area contributed by atoms with Crippen molar-refractivity contribution in [2.24, 2.45) is 10.9 Å². The number of nitrogens with zero attached hydrogens (tertiary/aromatic N) is 3. The summed E-state index contributed by atoms with van der Waals surface area (Å²) in [4.78, 5) is 21.2. The zero-order valence-corrected chi connectivity index (χ0v) is 19.0. The van der Waals surface area contributed by atoms with Gasteiger partial charge in [0.15, 0.2) is 5.96 Å². The van der Waals surface area contributed by atoms with Crippen LogP contribution >= 0.6 is 0 Å². The molecule has 1 aromatic carbocycles. The minimum absolute atomic E-state index is 0.304. The number of likely N-dealkylation sites (tertiary alicyclic amines) is 1. The number of rotatable bonds is 9. The van der Waals surface area contributed by atoms with Gasteiger partial charge >= 0.3 is 0 Å². The van der Waals surface area contributed by atoms with E-state index in [9.17, 15) is 4.79 Å². The number of hydrogen-bond acceptors (Lipinski definition) is 3. The SMILES string of the molecule is CCNC(=NCC(C(C)C)N1CCc2ccccc2C1)NCCCN1CCCC1=O. The van der Waals surface area contributed by atoms with Crippen LogP contribution in [0, 0.1) is 5.92 Å². The van der Waals surface area contributed by atoms with Gasteiger partial charge in [-0.15, -0.1) is 0 Å². The number of hydrogen-bond donors (Lipinski definition) is 2. The molecule has 2 aliphatic rings. The molecule has 30 heavy (non-hydrogen) atoms. The molecule has 6 heteroatoms. The third-order valence-electron chi connectivity index (χ3n) is 6.25. The Bertz CT molecular complexity index is 717. The summed E-state index contributed by atoms with van der Waals surface area (Å²) in [6, 6.07) is 9.24. The van der Waals surface area contributed by atoms with E-state index in [0.717, 1.165) is 77.5 Å². The predicted molar refractivity (Wildman–Crippen MR) is 124 cm³/mol. The molecule has 0 aliphatic carbocycles. The molecule has 1 aromatic rings. The Hall–Kier alpha value is -2.08. The van der Waals surface area contributed by atoms with E-state index >= 15 is 0 Å². The van der Waals surface area contributed by atoms with Gasteiger partial charge < -0.3 is 15.5 Å². The summed E-state index contributed by atoms with van der Waals surface area (Å²) in [6.45, 7) is 13.0. The van der Waals surface area contributed by atoms with Gasteiger partial charge in [0.1, 0.15) is 0 Å². The molecule has 1 atom stereocenters. The second-order valence-corrected chi connectivity index (χ2v) is 8.78. The third kappa shape index (κ3) is 6.21. The van der Waals surface area contributed by atoms with E-state index in [1.807, 2.05) is 4.90 Å². The second-order valence-electron chi connectivity index (χ2n) is 8.78. The van der Waals surface area contributed by atoms with Crippen LogP contribution < -0.4 is 10.6 Å². The molecule has 1 saturated heterocycles. The van der Waals surface area contributed by atoms with Crippen LogP contribution in [0.1, 0.15) is 51.2 Å². The lowest BCUT2D eigenvalue weighted by Gasteiger charge is -2.37. The summed E-state index contributed by atoms with van der Waals surface area (Å²) < 4.78 is 0. The number of carbonyl (C=O) groups excluding carboxylic acids is 1. The molecule has 2 aliphatic heterocycles. The van der Waals surface area contributed by atoms with Gasteiger partial charge in [-0.3, -0.25) is 14.7 Å². The maximum absolute atomic E-state index is 11.7. The van der Waals surface area contributed by atoms with Crippen LogP contribution in [0.2, 0.25) is 0 Å². The molecule has 1 amide bonds. The van der Waals surface area contributed by atoms with Crippen molar-refractivity contribution in [3.05, 3.63) is 35.4 Å². The molecular formula is C24H39N5O. The molecule has 0 aromatic heterocycles. The van der Waals surface area contributed by atoms with Crippen LogP contribution in [0.4, 0.5) is 0 Å². The Morgan fingerprint density at radius 2 is 1.93 bits per heavy atom. The van der Waals surface area contributed by atoms with E-state index in [4.69, 9.17) is 4.99 Å². The summed E-state index contributed by atoms with van der Waals surface area (Å²) >= 11 is 0. The van der Waals surface area contributed by atoms with Crippen LogP contribution in [-0.2, 0) is 17.8 Å². The second kappa shape index (κ2) is 11.3. The van der Waals surface area contributed by atoms with Gasteiger partial charge in [0, 0.05) is 51.7 Å². The summed E-state index contributed by atoms with van der Waals surface area (Å²) in [5, 5.41) is 6.83. The lowest BCUT2D eigenvalue weighted by molar-refractivity contribution is -0.127. The predicted octanol–water partition coefficient (Wildman–Crippen LogP) is 2.64. The molecule has 0 bridgehead atoms. The van der Waals surface area contributed by atoms with Gasteiger partial charge in [-0.25, -0.2) is 0 Å². The van der Waals surface area contributed by atoms with Crippen molar-refractivity contribution in [1.29, 1.82) is 0 Å². The van der Waals surface area contributed by atoms with E-state index in [2.05, 4.69) is 60.6 Å². The number of amides is 1. The molecule has 166 valence electrons. The molecular weight excluding hydrogens is 374 g/mol. The largest absolute Gasteiger partial charge is 0.357 e. The fourth-order valence-corrected chi connectivity index (χ4v) is 4.49. The Balaban J connectivity index is 1.52. The lowest BCUT2D eigenvalue weighted by atomic mass is 9.95. The number of aliphatic imine (C=N–C) groups is 1. The molecule has 1 unspecified atom stereocenters. The van der Waals surface area contributed by atoms with Crippen molar-refractivity contribution in [2.75, 3.05) is 39.3 Å². The number of benzene rings is 1. The summed E-state index contributed by atoms with van der Waals surface area (Å²) in [6.07, 6.45) is 3.80. The molecule has 2 heterocycles. The van der Waals surface area contributed by atoms with Crippen LogP contribution in [0.15, 0.2) is 29.3 Å². The Morgan fingerprint density at radius 1 is 1.13 bits per heavy atom. The molecule has 0 saturated carbocycles. The molecule has 2 N–H and O–H groups in total. The van der Waals surface area contributed by atoms with Crippen LogP contribution in [0.25, 0.3) is 0 Å². The van der Waals surface area contributed by atoms with Gasteiger partial charge in [0.05, 0.1) is 6.54 Å². The first-order valence-corrected chi connectivity index (χ1v) is 11.7. The molecule has 3 rings (SSSR count). The maximum atomic E-state index is 11.7. The average Bonchev–Trinajstić information content (AvgIpc) is 3.15. The minimum Gasteiger partial charge on any atom is -0.357 e. The van der Waals surface area contributed by atoms with Crippen molar-refractivity contribution in [2.45, 2.75) is 59.0 Å². The Labute approximate surface area is 182 Å². The van der Waals surface area contributed by atoms with Gasteiger partial charge in [-0.05, 0) is 43.2 Å². The zero-order chi connectivity index (χ0) is 21.3. The van der Waals surface area contributed by atoms with E-state index < -0.39 is 0 Å². The first kappa shape index (κ1) is 22.6. The number of guanidine groups is 1. The summed E-state index contributed by atoms with van der Waals surface area (Å²) in [7, 11) is 0. The van der Waals surface area contributed by atoms with Gasteiger partial charge in [-0.1, -0.05) is 38.1 Å². The van der Waals surface area contributed by atoms with Gasteiger partial charge in [-0.2, -0.15) is 0 Å². The van der Waals surface area contributed by atoms with Crippen molar-refractivity contribution >= 4 is 11.9 Å². The highest BCUT2D eigenvalue weighted by molar-refractivity contribution is 5.79. The number of carbonyl (C=O) groups is 1. The first-order valence-electron chi connectivity index (χ1n) is 11.7. The molecule has 6 nitrogen and oxygen atoms in total. The minimum atomic E-state index is 0.304. The van der Waals surface area contributed by atoms with Crippen molar-refractivity contribution in [1.82, 2.24) is 20.4 Å². The fourth-order valence-electron chi connectivity index (χ4n) is 4.49. The van der Waals surface area contributed by atoms with Crippen LogP contribution in [0.3, 0.4) is 0 Å². The van der Waals surface area contributed by atoms with Crippen LogP contribution in [-0.4, -0.2) is 67.0 Å². The first-order chi connectivity index (χ1) is 14.6. The van der Waals surface area contributed by atoms with E-state index in [1.54, 1.807) is 0 Å². The summed E-state index contributed by atoms with van der Waals surface area (Å²) in [5.74, 6) is 1.73. The molecule has 0 spiro atoms. The normalized spacial score (nSPS) is 18.6. The highest BCUT2D eigenvalue weighted by Crippen LogP contribution is 2.23. The summed E-state index contributed by atoms with van der Waals surface area (Å²) in [5.41, 5.74) is 2.95. The third-order valence-corrected chi connectivity index (χ3v) is 6.25. The highest BCUT2D eigenvalue weighted by atomic mass is 16.2. The van der Waals surface area contributed by atoms with Crippen molar-refractivity contribution in [3.63, 3.8) is 0 Å². The van der Waals surface area contributed by atoms with Crippen LogP contribution in [0.5, 0.6) is 0 Å². The monoisotopic (exact) mass is 413 g/mol. The maximum Gasteiger partial charge on any atom is 0.222 e. The topological polar surface area (TPSA) is 60.0 Å². The van der Waals surface area contributed by atoms with Crippen molar-refractivity contribution in [3.8, 4) is 0 Å². The van der Waals surface area contributed by atoms with Gasteiger partial charge in [0.2, 0.25) is 5.91 Å². The quantitative estimate of drug-likeness (QED) is 0.371.